The Morgan fingerprint density at radius 2 is 1.94 bits per heavy atom. The molecule has 0 aliphatic heterocycles. The first kappa shape index (κ1) is 12.9. The number of fused-ring (bicyclic) bond motifs is 1. The molecular formula is C16H26O. The van der Waals surface area contributed by atoms with Gasteiger partial charge >= 0.3 is 0 Å². The Hall–Kier alpha value is -0.590. The van der Waals surface area contributed by atoms with Crippen LogP contribution in [0.2, 0.25) is 0 Å². The Bertz CT molecular complexity index is 364. The highest BCUT2D eigenvalue weighted by molar-refractivity contribution is 5.82. The summed E-state index contributed by atoms with van der Waals surface area (Å²) < 4.78 is 0. The first-order valence-corrected chi connectivity index (χ1v) is 6.96. The molecule has 0 heterocycles. The van der Waals surface area contributed by atoms with Crippen LogP contribution < -0.4 is 0 Å². The molecule has 2 rings (SSSR count). The summed E-state index contributed by atoms with van der Waals surface area (Å²) in [5, 5.41) is 0. The monoisotopic (exact) mass is 234 g/mol. The molecule has 1 saturated carbocycles. The average molecular weight is 234 g/mol. The fourth-order valence-electron chi connectivity index (χ4n) is 4.83. The molecule has 17 heavy (non-hydrogen) atoms. The first-order valence-electron chi connectivity index (χ1n) is 6.96. The summed E-state index contributed by atoms with van der Waals surface area (Å²) in [4.78, 5) is 12.0. The quantitative estimate of drug-likeness (QED) is 0.616. The average Bonchev–Trinajstić information content (AvgIpc) is 2.14. The van der Waals surface area contributed by atoms with Crippen molar-refractivity contribution in [3.05, 3.63) is 11.6 Å². The van der Waals surface area contributed by atoms with Crippen molar-refractivity contribution in [1.29, 1.82) is 0 Å². The second-order valence-corrected chi connectivity index (χ2v) is 7.13. The molecule has 96 valence electrons. The van der Waals surface area contributed by atoms with Gasteiger partial charge in [-0.3, -0.25) is 4.79 Å². The molecule has 0 saturated heterocycles. The van der Waals surface area contributed by atoms with E-state index < -0.39 is 0 Å². The van der Waals surface area contributed by atoms with Gasteiger partial charge in [-0.05, 0) is 49.9 Å². The van der Waals surface area contributed by atoms with Crippen LogP contribution in [0.5, 0.6) is 0 Å². The summed E-state index contributed by atoms with van der Waals surface area (Å²) in [5.41, 5.74) is 1.90. The second kappa shape index (κ2) is 3.96. The summed E-state index contributed by atoms with van der Waals surface area (Å²) in [5.74, 6) is 1.20. The van der Waals surface area contributed by atoms with Gasteiger partial charge in [0, 0.05) is 5.92 Å². The Balaban J connectivity index is 2.46. The van der Waals surface area contributed by atoms with Crippen LogP contribution in [-0.4, -0.2) is 5.78 Å². The predicted octanol–water partition coefficient (Wildman–Crippen LogP) is 4.37. The van der Waals surface area contributed by atoms with Crippen molar-refractivity contribution in [3.8, 4) is 0 Å². The van der Waals surface area contributed by atoms with Gasteiger partial charge < -0.3 is 0 Å². The Morgan fingerprint density at radius 3 is 2.53 bits per heavy atom. The summed E-state index contributed by atoms with van der Waals surface area (Å²) in [7, 11) is 0. The van der Waals surface area contributed by atoms with Crippen molar-refractivity contribution in [2.45, 2.75) is 60.3 Å². The normalized spacial score (nSPS) is 40.4. The zero-order valence-electron chi connectivity index (χ0n) is 12.0. The third-order valence-electron chi connectivity index (χ3n) is 5.47. The summed E-state index contributed by atoms with van der Waals surface area (Å²) in [6.45, 7) is 11.1. The van der Waals surface area contributed by atoms with E-state index in [4.69, 9.17) is 0 Å². The number of ketones is 1. The van der Waals surface area contributed by atoms with E-state index in [1.807, 2.05) is 0 Å². The fourth-order valence-corrected chi connectivity index (χ4v) is 4.83. The van der Waals surface area contributed by atoms with Crippen LogP contribution >= 0.6 is 0 Å². The van der Waals surface area contributed by atoms with E-state index in [2.05, 4.69) is 33.8 Å². The van der Waals surface area contributed by atoms with E-state index in [0.717, 1.165) is 0 Å². The molecule has 0 unspecified atom stereocenters. The third kappa shape index (κ3) is 1.88. The molecule has 1 heteroatoms. The zero-order valence-corrected chi connectivity index (χ0v) is 12.0. The van der Waals surface area contributed by atoms with Crippen molar-refractivity contribution >= 4 is 5.78 Å². The van der Waals surface area contributed by atoms with Crippen molar-refractivity contribution < 1.29 is 4.79 Å². The van der Waals surface area contributed by atoms with Crippen molar-refractivity contribution in [2.75, 3.05) is 0 Å². The maximum absolute atomic E-state index is 12.0. The van der Waals surface area contributed by atoms with Crippen LogP contribution in [0.3, 0.4) is 0 Å². The molecule has 0 spiro atoms. The predicted molar refractivity (Wildman–Crippen MR) is 71.8 cm³/mol. The lowest BCUT2D eigenvalue weighted by Gasteiger charge is -2.56. The van der Waals surface area contributed by atoms with Gasteiger partial charge in [0.15, 0.2) is 0 Å². The zero-order chi connectivity index (χ0) is 12.8. The van der Waals surface area contributed by atoms with Gasteiger partial charge in [0.05, 0.1) is 0 Å². The SMILES string of the molecule is CC(=O)[C@@H]1C(C)=CC[C@@H]2C(C)(C)CCC[C@@]12C. The summed E-state index contributed by atoms with van der Waals surface area (Å²) in [6.07, 6.45) is 7.29. The van der Waals surface area contributed by atoms with Crippen LogP contribution in [0.1, 0.15) is 60.3 Å². The number of carbonyl (C=O) groups is 1. The molecule has 0 aromatic carbocycles. The third-order valence-corrected chi connectivity index (χ3v) is 5.47. The standard InChI is InChI=1S/C16H26O/c1-11-7-8-13-15(3,4)9-6-10-16(13,5)14(11)12(2)17/h7,13-14H,6,8-10H2,1-5H3/t13-,14+,16-/m1/s1. The maximum atomic E-state index is 12.0. The molecule has 0 bridgehead atoms. The van der Waals surface area contributed by atoms with Crippen molar-refractivity contribution in [2.24, 2.45) is 22.7 Å². The van der Waals surface area contributed by atoms with E-state index in [1.54, 1.807) is 6.92 Å². The molecule has 0 amide bonds. The number of carbonyl (C=O) groups excluding carboxylic acids is 1. The molecule has 0 aromatic heterocycles. The van der Waals surface area contributed by atoms with Crippen LogP contribution in [0.15, 0.2) is 11.6 Å². The molecule has 2 aliphatic rings. The number of hydrogen-bond acceptors (Lipinski definition) is 1. The summed E-state index contributed by atoms with van der Waals surface area (Å²) >= 11 is 0. The minimum atomic E-state index is 0.167. The van der Waals surface area contributed by atoms with Gasteiger partial charge in [0.1, 0.15) is 5.78 Å². The second-order valence-electron chi connectivity index (χ2n) is 7.13. The Kier molecular flexibility index (Phi) is 3.00. The number of hydrogen-bond donors (Lipinski definition) is 0. The molecule has 0 aromatic rings. The molecule has 1 fully saturated rings. The molecule has 3 atom stereocenters. The minimum absolute atomic E-state index is 0.167. The van der Waals surface area contributed by atoms with Crippen LogP contribution in [0.25, 0.3) is 0 Å². The van der Waals surface area contributed by atoms with E-state index >= 15 is 0 Å². The van der Waals surface area contributed by atoms with Crippen LogP contribution in [0.4, 0.5) is 0 Å². The van der Waals surface area contributed by atoms with Gasteiger partial charge in [0.25, 0.3) is 0 Å². The lowest BCUT2D eigenvalue weighted by molar-refractivity contribution is -0.129. The smallest absolute Gasteiger partial charge is 0.137 e. The van der Waals surface area contributed by atoms with Gasteiger partial charge in [-0.2, -0.15) is 0 Å². The summed E-state index contributed by atoms with van der Waals surface area (Å²) in [6, 6.07) is 0. The molecule has 0 N–H and O–H groups in total. The van der Waals surface area contributed by atoms with Crippen molar-refractivity contribution in [1.82, 2.24) is 0 Å². The maximum Gasteiger partial charge on any atom is 0.137 e. The van der Waals surface area contributed by atoms with E-state index in [9.17, 15) is 4.79 Å². The lowest BCUT2D eigenvalue weighted by Crippen LogP contribution is -2.50. The molecule has 0 radical (unpaired) electrons. The Labute approximate surface area is 106 Å². The van der Waals surface area contributed by atoms with Gasteiger partial charge in [0.2, 0.25) is 0 Å². The van der Waals surface area contributed by atoms with Gasteiger partial charge in [-0.25, -0.2) is 0 Å². The van der Waals surface area contributed by atoms with Gasteiger partial charge in [-0.15, -0.1) is 0 Å². The van der Waals surface area contributed by atoms with Gasteiger partial charge in [-0.1, -0.05) is 38.8 Å². The highest BCUT2D eigenvalue weighted by Gasteiger charge is 2.53. The minimum Gasteiger partial charge on any atom is -0.299 e. The fraction of sp³-hybridized carbons (Fsp3) is 0.812. The highest BCUT2D eigenvalue weighted by atomic mass is 16.1. The van der Waals surface area contributed by atoms with E-state index in [0.29, 0.717) is 17.1 Å². The highest BCUT2D eigenvalue weighted by Crippen LogP contribution is 2.59. The van der Waals surface area contributed by atoms with E-state index in [-0.39, 0.29) is 11.3 Å². The van der Waals surface area contributed by atoms with Crippen molar-refractivity contribution in [3.63, 3.8) is 0 Å². The molecular weight excluding hydrogens is 208 g/mol. The first-order chi connectivity index (χ1) is 7.79. The van der Waals surface area contributed by atoms with Crippen LogP contribution in [0, 0.1) is 22.7 Å². The number of allylic oxidation sites excluding steroid dienone is 2. The number of Topliss-reactive ketones (excluding diaryl/α,β-unsaturated/α-hetero) is 1. The molecule has 1 nitrogen and oxygen atoms in total. The molecule has 2 aliphatic carbocycles. The van der Waals surface area contributed by atoms with E-state index in [1.165, 1.54) is 31.3 Å². The largest absolute Gasteiger partial charge is 0.299 e. The Morgan fingerprint density at radius 1 is 1.29 bits per heavy atom. The lowest BCUT2D eigenvalue weighted by atomic mass is 9.48. The topological polar surface area (TPSA) is 17.1 Å². The number of rotatable bonds is 1. The van der Waals surface area contributed by atoms with Crippen LogP contribution in [-0.2, 0) is 4.79 Å².